The first-order valence-electron chi connectivity index (χ1n) is 3.80. The summed E-state index contributed by atoms with van der Waals surface area (Å²) in [5.74, 6) is 1.17. The molecular weight excluding hydrogens is 152 g/mol. The van der Waals surface area contributed by atoms with Crippen molar-refractivity contribution in [3.8, 4) is 0 Å². The van der Waals surface area contributed by atoms with Gasteiger partial charge in [0.2, 0.25) is 0 Å². The lowest BCUT2D eigenvalue weighted by Gasteiger charge is -2.05. The number of hydrogen-bond acceptors (Lipinski definition) is 1. The number of thioether (sulfide) groups is 1. The molecule has 0 amide bonds. The van der Waals surface area contributed by atoms with E-state index in [0.717, 1.165) is 0 Å². The summed E-state index contributed by atoms with van der Waals surface area (Å²) in [5.41, 5.74) is 1.42. The lowest BCUT2D eigenvalue weighted by Crippen LogP contribution is -1.84. The lowest BCUT2D eigenvalue weighted by atomic mass is 10.1. The fourth-order valence-corrected chi connectivity index (χ4v) is 2.25. The number of rotatable bonds is 1. The normalized spacial score (nSPS) is 22.4. The maximum Gasteiger partial charge on any atom is 0.0480 e. The highest BCUT2D eigenvalue weighted by atomic mass is 32.2. The zero-order valence-electron chi connectivity index (χ0n) is 6.23. The Kier molecular flexibility index (Phi) is 1.99. The third kappa shape index (κ3) is 1.48. The summed E-state index contributed by atoms with van der Waals surface area (Å²) in [4.78, 5) is 0. The highest BCUT2D eigenvalue weighted by Gasteiger charge is 2.10. The molecule has 11 heavy (non-hydrogen) atoms. The van der Waals surface area contributed by atoms with Gasteiger partial charge in [0.05, 0.1) is 0 Å². The topological polar surface area (TPSA) is 0 Å². The highest BCUT2D eigenvalue weighted by molar-refractivity contribution is 8.00. The van der Waals surface area contributed by atoms with E-state index in [-0.39, 0.29) is 0 Å². The zero-order valence-corrected chi connectivity index (χ0v) is 7.05. The summed E-state index contributed by atoms with van der Waals surface area (Å²) < 4.78 is 0. The molecule has 1 heteroatoms. The van der Waals surface area contributed by atoms with E-state index in [9.17, 15) is 0 Å². The van der Waals surface area contributed by atoms with Crippen molar-refractivity contribution in [2.24, 2.45) is 0 Å². The summed E-state index contributed by atoms with van der Waals surface area (Å²) >= 11 is 1.98. The molecular formula is C10H10S. The van der Waals surface area contributed by atoms with Crippen LogP contribution < -0.4 is 0 Å². The van der Waals surface area contributed by atoms with Crippen LogP contribution in [-0.2, 0) is 0 Å². The monoisotopic (exact) mass is 162 g/mol. The summed E-state index contributed by atoms with van der Waals surface area (Å²) in [5, 5.41) is 0.608. The SMILES string of the molecule is C1=C[C@H](c2ccccc2)SC1. The standard InChI is InChI=1S/C10H10S/c1-2-5-9(6-3-1)10-7-4-8-11-10/h1-7,10H,8H2/t10-/m1/s1. The second-order valence-corrected chi connectivity index (χ2v) is 3.77. The van der Waals surface area contributed by atoms with Gasteiger partial charge in [0, 0.05) is 11.0 Å². The van der Waals surface area contributed by atoms with Gasteiger partial charge < -0.3 is 0 Å². The second kappa shape index (κ2) is 3.14. The van der Waals surface area contributed by atoms with Crippen LogP contribution in [0.5, 0.6) is 0 Å². The average Bonchev–Trinajstić information content (AvgIpc) is 2.58. The van der Waals surface area contributed by atoms with Crippen LogP contribution in [0.1, 0.15) is 10.8 Å². The van der Waals surface area contributed by atoms with Gasteiger partial charge in [0.25, 0.3) is 0 Å². The first-order chi connectivity index (χ1) is 5.47. The quantitative estimate of drug-likeness (QED) is 0.572. The van der Waals surface area contributed by atoms with Gasteiger partial charge in [0.15, 0.2) is 0 Å². The first-order valence-corrected chi connectivity index (χ1v) is 4.85. The summed E-state index contributed by atoms with van der Waals surface area (Å²) in [6, 6.07) is 10.6. The van der Waals surface area contributed by atoms with Crippen molar-refractivity contribution in [2.75, 3.05) is 5.75 Å². The Hall–Kier alpha value is -0.690. The first kappa shape index (κ1) is 6.99. The van der Waals surface area contributed by atoms with E-state index in [4.69, 9.17) is 0 Å². The number of hydrogen-bond donors (Lipinski definition) is 0. The predicted octanol–water partition coefficient (Wildman–Crippen LogP) is 3.03. The van der Waals surface area contributed by atoms with Crippen molar-refractivity contribution in [2.45, 2.75) is 5.25 Å². The van der Waals surface area contributed by atoms with Crippen molar-refractivity contribution >= 4 is 11.8 Å². The van der Waals surface area contributed by atoms with Gasteiger partial charge in [-0.15, -0.1) is 11.8 Å². The molecule has 0 aromatic heterocycles. The molecule has 0 saturated carbocycles. The molecule has 0 spiro atoms. The van der Waals surface area contributed by atoms with Gasteiger partial charge in [-0.05, 0) is 5.56 Å². The molecule has 1 aromatic rings. The molecule has 0 radical (unpaired) electrons. The van der Waals surface area contributed by atoms with Gasteiger partial charge in [-0.1, -0.05) is 42.5 Å². The molecule has 1 atom stereocenters. The average molecular weight is 162 g/mol. The van der Waals surface area contributed by atoms with Gasteiger partial charge in [-0.25, -0.2) is 0 Å². The molecule has 0 unspecified atom stereocenters. The van der Waals surface area contributed by atoms with E-state index in [1.54, 1.807) is 0 Å². The summed E-state index contributed by atoms with van der Waals surface area (Å²) in [6.07, 6.45) is 4.52. The molecule has 0 saturated heterocycles. The largest absolute Gasteiger partial charge is 0.145 e. The summed E-state index contributed by atoms with van der Waals surface area (Å²) in [7, 11) is 0. The Bertz CT molecular complexity index is 251. The smallest absolute Gasteiger partial charge is 0.0480 e. The summed E-state index contributed by atoms with van der Waals surface area (Å²) in [6.45, 7) is 0. The Labute approximate surface area is 71.3 Å². The second-order valence-electron chi connectivity index (χ2n) is 2.59. The minimum atomic E-state index is 0.608. The molecule has 2 rings (SSSR count). The molecule has 56 valence electrons. The van der Waals surface area contributed by atoms with Crippen molar-refractivity contribution in [1.29, 1.82) is 0 Å². The van der Waals surface area contributed by atoms with Crippen LogP contribution >= 0.6 is 11.8 Å². The predicted molar refractivity (Wildman–Crippen MR) is 50.8 cm³/mol. The Morgan fingerprint density at radius 3 is 2.64 bits per heavy atom. The Morgan fingerprint density at radius 2 is 2.00 bits per heavy atom. The molecule has 1 aromatic carbocycles. The minimum absolute atomic E-state index is 0.608. The maximum absolute atomic E-state index is 2.28. The highest BCUT2D eigenvalue weighted by Crippen LogP contribution is 2.34. The zero-order chi connectivity index (χ0) is 7.52. The van der Waals surface area contributed by atoms with Crippen LogP contribution in [0.3, 0.4) is 0 Å². The Morgan fingerprint density at radius 1 is 1.18 bits per heavy atom. The number of benzene rings is 1. The fraction of sp³-hybridized carbons (Fsp3) is 0.200. The van der Waals surface area contributed by atoms with E-state index in [2.05, 4.69) is 42.5 Å². The van der Waals surface area contributed by atoms with Crippen LogP contribution in [0, 0.1) is 0 Å². The third-order valence-corrected chi connectivity index (χ3v) is 2.98. The van der Waals surface area contributed by atoms with Gasteiger partial charge in [0.1, 0.15) is 0 Å². The molecule has 1 aliphatic rings. The van der Waals surface area contributed by atoms with Crippen LogP contribution in [0.4, 0.5) is 0 Å². The van der Waals surface area contributed by atoms with Crippen LogP contribution in [0.2, 0.25) is 0 Å². The van der Waals surface area contributed by atoms with Crippen LogP contribution in [0.25, 0.3) is 0 Å². The van der Waals surface area contributed by atoms with E-state index in [0.29, 0.717) is 5.25 Å². The lowest BCUT2D eigenvalue weighted by molar-refractivity contribution is 1.25. The van der Waals surface area contributed by atoms with E-state index < -0.39 is 0 Å². The molecule has 0 nitrogen and oxygen atoms in total. The van der Waals surface area contributed by atoms with Crippen molar-refractivity contribution in [3.63, 3.8) is 0 Å². The van der Waals surface area contributed by atoms with Crippen LogP contribution in [-0.4, -0.2) is 5.75 Å². The van der Waals surface area contributed by atoms with Crippen molar-refractivity contribution in [3.05, 3.63) is 48.0 Å². The van der Waals surface area contributed by atoms with Crippen molar-refractivity contribution in [1.82, 2.24) is 0 Å². The Balaban J connectivity index is 2.23. The van der Waals surface area contributed by atoms with Gasteiger partial charge in [-0.2, -0.15) is 0 Å². The fourth-order valence-electron chi connectivity index (χ4n) is 1.24. The maximum atomic E-state index is 2.28. The van der Waals surface area contributed by atoms with E-state index >= 15 is 0 Å². The van der Waals surface area contributed by atoms with Crippen molar-refractivity contribution < 1.29 is 0 Å². The van der Waals surface area contributed by atoms with Gasteiger partial charge in [-0.3, -0.25) is 0 Å². The van der Waals surface area contributed by atoms with E-state index in [1.165, 1.54) is 11.3 Å². The molecule has 0 fully saturated rings. The molecule has 1 heterocycles. The minimum Gasteiger partial charge on any atom is -0.145 e. The van der Waals surface area contributed by atoms with E-state index in [1.807, 2.05) is 11.8 Å². The molecule has 1 aliphatic heterocycles. The molecule has 0 aliphatic carbocycles. The molecule has 0 bridgehead atoms. The molecule has 0 N–H and O–H groups in total. The third-order valence-electron chi connectivity index (χ3n) is 1.81. The van der Waals surface area contributed by atoms with Crippen LogP contribution in [0.15, 0.2) is 42.5 Å². The van der Waals surface area contributed by atoms with Gasteiger partial charge >= 0.3 is 0 Å².